The van der Waals surface area contributed by atoms with Crippen LogP contribution >= 0.6 is 11.3 Å². The van der Waals surface area contributed by atoms with Crippen LogP contribution < -0.4 is 14.4 Å². The summed E-state index contributed by atoms with van der Waals surface area (Å²) in [4.78, 5) is 18.9. The van der Waals surface area contributed by atoms with Crippen LogP contribution in [0, 0.1) is 0 Å². The third kappa shape index (κ3) is 4.54. The number of hydrogen-bond donors (Lipinski definition) is 0. The maximum absolute atomic E-state index is 12.7. The molecule has 5 nitrogen and oxygen atoms in total. The first-order chi connectivity index (χ1) is 13.2. The van der Waals surface area contributed by atoms with Crippen molar-refractivity contribution in [2.24, 2.45) is 0 Å². The zero-order valence-electron chi connectivity index (χ0n) is 15.0. The minimum Gasteiger partial charge on any atom is -0.493 e. The van der Waals surface area contributed by atoms with Crippen LogP contribution in [0.15, 0.2) is 72.6 Å². The van der Waals surface area contributed by atoms with E-state index in [0.29, 0.717) is 23.2 Å². The zero-order valence-corrected chi connectivity index (χ0v) is 15.8. The van der Waals surface area contributed by atoms with E-state index in [1.807, 2.05) is 47.8 Å². The summed E-state index contributed by atoms with van der Waals surface area (Å²) < 4.78 is 10.9. The molecule has 0 bridgehead atoms. The third-order valence-corrected chi connectivity index (χ3v) is 4.69. The fourth-order valence-electron chi connectivity index (χ4n) is 2.50. The van der Waals surface area contributed by atoms with E-state index >= 15 is 0 Å². The van der Waals surface area contributed by atoms with E-state index < -0.39 is 0 Å². The van der Waals surface area contributed by atoms with Gasteiger partial charge in [-0.1, -0.05) is 48.5 Å². The lowest BCUT2D eigenvalue weighted by atomic mass is 10.2. The van der Waals surface area contributed by atoms with Gasteiger partial charge in [-0.25, -0.2) is 4.98 Å². The largest absolute Gasteiger partial charge is 0.493 e. The quantitative estimate of drug-likeness (QED) is 0.543. The molecule has 3 aromatic rings. The van der Waals surface area contributed by atoms with Crippen molar-refractivity contribution >= 4 is 22.4 Å². The molecular formula is C21H20N2O3S. The van der Waals surface area contributed by atoms with Crippen LogP contribution in [0.5, 0.6) is 11.5 Å². The lowest BCUT2D eigenvalue weighted by Crippen LogP contribution is -2.35. The molecule has 0 spiro atoms. The summed E-state index contributed by atoms with van der Waals surface area (Å²) >= 11 is 1.42. The molecule has 0 radical (unpaired) electrons. The Bertz CT molecular complexity index is 909. The van der Waals surface area contributed by atoms with Gasteiger partial charge in [0.25, 0.3) is 5.91 Å². The van der Waals surface area contributed by atoms with Crippen LogP contribution in [0.4, 0.5) is 5.13 Å². The minimum absolute atomic E-state index is 0.117. The van der Waals surface area contributed by atoms with E-state index in [4.69, 9.17) is 9.47 Å². The Kier molecular flexibility index (Phi) is 6.22. The minimum atomic E-state index is -0.199. The van der Waals surface area contributed by atoms with Gasteiger partial charge in [0.2, 0.25) is 0 Å². The summed E-state index contributed by atoms with van der Waals surface area (Å²) in [6.07, 6.45) is 1.67. The van der Waals surface area contributed by atoms with Crippen molar-refractivity contribution in [3.8, 4) is 22.8 Å². The molecule has 0 unspecified atom stereocenters. The number of amides is 1. The summed E-state index contributed by atoms with van der Waals surface area (Å²) in [5.74, 6) is 0.909. The number of rotatable bonds is 8. The van der Waals surface area contributed by atoms with Gasteiger partial charge in [-0.15, -0.1) is 17.9 Å². The molecular weight excluding hydrogens is 360 g/mol. The third-order valence-electron chi connectivity index (χ3n) is 3.83. The van der Waals surface area contributed by atoms with E-state index in [-0.39, 0.29) is 12.5 Å². The maximum atomic E-state index is 12.7. The fraction of sp³-hybridized carbons (Fsp3) is 0.143. The number of ether oxygens (including phenoxy) is 2. The van der Waals surface area contributed by atoms with Crippen molar-refractivity contribution < 1.29 is 14.3 Å². The van der Waals surface area contributed by atoms with Crippen LogP contribution in [-0.4, -0.2) is 31.2 Å². The van der Waals surface area contributed by atoms with Crippen LogP contribution in [0.25, 0.3) is 11.3 Å². The number of methoxy groups -OCH3 is 1. The first-order valence-corrected chi connectivity index (χ1v) is 9.29. The number of carbonyl (C=O) groups excluding carboxylic acids is 1. The molecule has 0 N–H and O–H groups in total. The highest BCUT2D eigenvalue weighted by Crippen LogP contribution is 2.28. The monoisotopic (exact) mass is 380 g/mol. The molecule has 1 amide bonds. The van der Waals surface area contributed by atoms with E-state index in [1.165, 1.54) is 11.3 Å². The van der Waals surface area contributed by atoms with Gasteiger partial charge >= 0.3 is 0 Å². The zero-order chi connectivity index (χ0) is 19.1. The van der Waals surface area contributed by atoms with Gasteiger partial charge in [-0.05, 0) is 12.1 Å². The first kappa shape index (κ1) is 18.7. The summed E-state index contributed by atoms with van der Waals surface area (Å²) in [7, 11) is 1.56. The predicted octanol–water partition coefficient (Wildman–Crippen LogP) is 4.42. The molecule has 1 heterocycles. The topological polar surface area (TPSA) is 51.7 Å². The smallest absolute Gasteiger partial charge is 0.266 e. The molecule has 6 heteroatoms. The Morgan fingerprint density at radius 2 is 1.85 bits per heavy atom. The molecule has 1 aromatic heterocycles. The normalized spacial score (nSPS) is 10.3. The standard InChI is InChI=1S/C21H20N2O3S/c1-3-13-23(20(24)14-26-19-12-8-7-11-18(19)25-2)21-22-17(15-27-21)16-9-5-4-6-10-16/h3-12,15H,1,13-14H2,2H3. The van der Waals surface area contributed by atoms with Crippen LogP contribution in [0.1, 0.15) is 0 Å². The lowest BCUT2D eigenvalue weighted by Gasteiger charge is -2.18. The molecule has 27 heavy (non-hydrogen) atoms. The van der Waals surface area contributed by atoms with Crippen molar-refractivity contribution in [2.45, 2.75) is 0 Å². The Morgan fingerprint density at radius 3 is 2.56 bits per heavy atom. The van der Waals surface area contributed by atoms with Crippen LogP contribution in [0.3, 0.4) is 0 Å². The van der Waals surface area contributed by atoms with Gasteiger partial charge in [0.15, 0.2) is 23.2 Å². The summed E-state index contributed by atoms with van der Waals surface area (Å²) in [6, 6.07) is 17.1. The fourth-order valence-corrected chi connectivity index (χ4v) is 3.36. The first-order valence-electron chi connectivity index (χ1n) is 8.41. The maximum Gasteiger partial charge on any atom is 0.266 e. The second-order valence-electron chi connectivity index (χ2n) is 5.61. The van der Waals surface area contributed by atoms with Crippen molar-refractivity contribution in [3.05, 3.63) is 72.6 Å². The van der Waals surface area contributed by atoms with Crippen molar-refractivity contribution in [1.82, 2.24) is 4.98 Å². The molecule has 3 rings (SSSR count). The summed E-state index contributed by atoms with van der Waals surface area (Å²) in [5.41, 5.74) is 1.85. The Morgan fingerprint density at radius 1 is 1.15 bits per heavy atom. The average molecular weight is 380 g/mol. The molecule has 0 fully saturated rings. The van der Waals surface area contributed by atoms with Gasteiger partial charge in [0.1, 0.15) is 0 Å². The molecule has 0 aliphatic rings. The number of nitrogens with zero attached hydrogens (tertiary/aromatic N) is 2. The van der Waals surface area contributed by atoms with Crippen molar-refractivity contribution in [2.75, 3.05) is 25.2 Å². The SMILES string of the molecule is C=CCN(C(=O)COc1ccccc1OC)c1nc(-c2ccccc2)cs1. The number of hydrogen-bond acceptors (Lipinski definition) is 5. The highest BCUT2D eigenvalue weighted by atomic mass is 32.1. The Labute approximate surface area is 162 Å². The summed E-state index contributed by atoms with van der Waals surface area (Å²) in [6.45, 7) is 3.98. The second kappa shape index (κ2) is 9.00. The van der Waals surface area contributed by atoms with E-state index in [0.717, 1.165) is 11.3 Å². The van der Waals surface area contributed by atoms with Crippen LogP contribution in [-0.2, 0) is 4.79 Å². The lowest BCUT2D eigenvalue weighted by molar-refractivity contribution is -0.120. The Balaban J connectivity index is 1.74. The Hall–Kier alpha value is -3.12. The van der Waals surface area contributed by atoms with Gasteiger partial charge in [0.05, 0.1) is 12.8 Å². The van der Waals surface area contributed by atoms with E-state index in [2.05, 4.69) is 11.6 Å². The number of carbonyl (C=O) groups is 1. The van der Waals surface area contributed by atoms with E-state index in [9.17, 15) is 4.79 Å². The molecule has 138 valence electrons. The number of thiazole rings is 1. The predicted molar refractivity (Wildman–Crippen MR) is 109 cm³/mol. The molecule has 0 aliphatic heterocycles. The van der Waals surface area contributed by atoms with Crippen molar-refractivity contribution in [3.63, 3.8) is 0 Å². The molecule has 2 aromatic carbocycles. The average Bonchev–Trinajstić information content (AvgIpc) is 3.21. The van der Waals surface area contributed by atoms with E-state index in [1.54, 1.807) is 30.2 Å². The number of aromatic nitrogens is 1. The van der Waals surface area contributed by atoms with Crippen LogP contribution in [0.2, 0.25) is 0 Å². The van der Waals surface area contributed by atoms with Gasteiger partial charge in [-0.3, -0.25) is 9.69 Å². The van der Waals surface area contributed by atoms with Gasteiger partial charge in [0, 0.05) is 17.5 Å². The molecule has 0 atom stereocenters. The van der Waals surface area contributed by atoms with Gasteiger partial charge in [-0.2, -0.15) is 0 Å². The molecule has 0 saturated heterocycles. The highest BCUT2D eigenvalue weighted by Gasteiger charge is 2.19. The summed E-state index contributed by atoms with van der Waals surface area (Å²) in [5, 5.41) is 2.55. The number of anilines is 1. The number of para-hydroxylation sites is 2. The van der Waals surface area contributed by atoms with Crippen molar-refractivity contribution in [1.29, 1.82) is 0 Å². The molecule has 0 saturated carbocycles. The number of benzene rings is 2. The van der Waals surface area contributed by atoms with Gasteiger partial charge < -0.3 is 9.47 Å². The molecule has 0 aliphatic carbocycles. The highest BCUT2D eigenvalue weighted by molar-refractivity contribution is 7.14. The second-order valence-corrected chi connectivity index (χ2v) is 6.45.